The predicted octanol–water partition coefficient (Wildman–Crippen LogP) is 9.57. The van der Waals surface area contributed by atoms with Crippen LogP contribution in [0.15, 0.2) is 12.4 Å². The minimum Gasteiger partial charge on any atom is -0.234 e. The van der Waals surface area contributed by atoms with E-state index in [4.69, 9.17) is 0 Å². The van der Waals surface area contributed by atoms with Crippen molar-refractivity contribution in [2.75, 3.05) is 0 Å². The summed E-state index contributed by atoms with van der Waals surface area (Å²) in [5.41, 5.74) is 0. The van der Waals surface area contributed by atoms with Gasteiger partial charge in [0.2, 0.25) is 0 Å². The molecule has 0 bridgehead atoms. The van der Waals surface area contributed by atoms with Crippen LogP contribution in [-0.4, -0.2) is 4.57 Å². The van der Waals surface area contributed by atoms with E-state index in [1.165, 1.54) is 154 Å². The number of unbranched alkanes of at least 4 members (excludes halogenated alkanes) is 18. The van der Waals surface area contributed by atoms with Crippen molar-refractivity contribution in [3.05, 3.63) is 18.2 Å². The Hall–Kier alpha value is -0.790. The van der Waals surface area contributed by atoms with Crippen molar-refractivity contribution in [2.24, 2.45) is 0 Å². The van der Waals surface area contributed by atoms with Gasteiger partial charge in [0.25, 0.3) is 5.82 Å². The molecule has 0 aliphatic carbocycles. The van der Waals surface area contributed by atoms with E-state index in [1.807, 2.05) is 0 Å². The molecule has 0 aliphatic rings. The summed E-state index contributed by atoms with van der Waals surface area (Å²) < 4.78 is 5.11. The normalized spacial score (nSPS) is 11.5. The second-order valence-electron chi connectivity index (χ2n) is 10.2. The van der Waals surface area contributed by atoms with Crippen molar-refractivity contribution < 1.29 is 4.57 Å². The van der Waals surface area contributed by atoms with Gasteiger partial charge in [-0.3, -0.25) is 0 Å². The number of hydrogen-bond donors (Lipinski definition) is 0. The van der Waals surface area contributed by atoms with Crippen molar-refractivity contribution in [3.63, 3.8) is 0 Å². The Labute approximate surface area is 202 Å². The summed E-state index contributed by atoms with van der Waals surface area (Å²) in [6.45, 7) is 9.31. The minimum absolute atomic E-state index is 1.18. The lowest BCUT2D eigenvalue weighted by molar-refractivity contribution is -0.703. The SMILES string of the molecule is CCCCCCCCCCCCCCc1n(CCCCCCCCCC)cc[n+]1CCC. The first-order chi connectivity index (χ1) is 15.8. The molecule has 188 valence electrons. The first-order valence-electron chi connectivity index (χ1n) is 14.9. The smallest absolute Gasteiger partial charge is 0.234 e. The Balaban J connectivity index is 2.15. The fourth-order valence-corrected chi connectivity index (χ4v) is 4.97. The summed E-state index contributed by atoms with van der Waals surface area (Å²) in [6, 6.07) is 0. The van der Waals surface area contributed by atoms with Gasteiger partial charge in [0.15, 0.2) is 0 Å². The van der Waals surface area contributed by atoms with Crippen LogP contribution in [0.1, 0.15) is 161 Å². The Morgan fingerprint density at radius 3 is 1.44 bits per heavy atom. The van der Waals surface area contributed by atoms with Crippen LogP contribution in [0.3, 0.4) is 0 Å². The molecule has 0 radical (unpaired) electrons. The lowest BCUT2D eigenvalue weighted by Crippen LogP contribution is -2.37. The van der Waals surface area contributed by atoms with E-state index in [1.54, 1.807) is 5.82 Å². The van der Waals surface area contributed by atoms with E-state index in [2.05, 4.69) is 42.3 Å². The van der Waals surface area contributed by atoms with E-state index in [9.17, 15) is 0 Å². The Kier molecular flexibility index (Phi) is 20.1. The van der Waals surface area contributed by atoms with Gasteiger partial charge >= 0.3 is 0 Å². The molecule has 1 aromatic rings. The van der Waals surface area contributed by atoms with Gasteiger partial charge in [0, 0.05) is 6.42 Å². The number of hydrogen-bond acceptors (Lipinski definition) is 0. The highest BCUT2D eigenvalue weighted by molar-refractivity contribution is 4.84. The molecular formula is C30H59N2+. The first-order valence-corrected chi connectivity index (χ1v) is 14.9. The Bertz CT molecular complexity index is 505. The number of imidazole rings is 1. The van der Waals surface area contributed by atoms with Gasteiger partial charge in [-0.25, -0.2) is 9.13 Å². The van der Waals surface area contributed by atoms with Crippen LogP contribution in [0.4, 0.5) is 0 Å². The van der Waals surface area contributed by atoms with E-state index in [0.717, 1.165) is 0 Å². The first kappa shape index (κ1) is 29.2. The summed E-state index contributed by atoms with van der Waals surface area (Å²) in [5.74, 6) is 1.59. The monoisotopic (exact) mass is 447 g/mol. The third-order valence-electron chi connectivity index (χ3n) is 7.06. The summed E-state index contributed by atoms with van der Waals surface area (Å²) in [7, 11) is 0. The third-order valence-corrected chi connectivity index (χ3v) is 7.06. The lowest BCUT2D eigenvalue weighted by atomic mass is 10.0. The summed E-state index contributed by atoms with van der Waals surface area (Å²) in [6.07, 6.45) is 35.7. The molecule has 0 saturated carbocycles. The molecule has 0 aliphatic heterocycles. The molecule has 1 rings (SSSR count). The lowest BCUT2D eigenvalue weighted by Gasteiger charge is -2.06. The number of aromatic nitrogens is 2. The maximum Gasteiger partial charge on any atom is 0.256 e. The molecule has 0 fully saturated rings. The fourth-order valence-electron chi connectivity index (χ4n) is 4.97. The van der Waals surface area contributed by atoms with Gasteiger partial charge in [-0.05, 0) is 25.7 Å². The quantitative estimate of drug-likeness (QED) is 0.110. The van der Waals surface area contributed by atoms with Crippen LogP contribution in [0.25, 0.3) is 0 Å². The molecule has 0 atom stereocenters. The second-order valence-corrected chi connectivity index (χ2v) is 10.2. The van der Waals surface area contributed by atoms with Gasteiger partial charge < -0.3 is 0 Å². The molecule has 0 aromatic carbocycles. The molecule has 0 N–H and O–H groups in total. The molecule has 0 saturated heterocycles. The molecule has 0 unspecified atom stereocenters. The highest BCUT2D eigenvalue weighted by atomic mass is 15.1. The highest BCUT2D eigenvalue weighted by Gasteiger charge is 2.15. The second kappa shape index (κ2) is 22.0. The van der Waals surface area contributed by atoms with Crippen LogP contribution in [0.5, 0.6) is 0 Å². The van der Waals surface area contributed by atoms with Gasteiger partial charge in [-0.2, -0.15) is 0 Å². The number of rotatable bonds is 24. The molecular weight excluding hydrogens is 388 g/mol. The summed E-state index contributed by atoms with van der Waals surface area (Å²) >= 11 is 0. The standard InChI is InChI=1S/C30H59N2/c1-4-7-9-11-13-15-16-17-18-19-21-23-25-30-31(26-6-3)28-29-32(30)27-24-22-20-14-12-10-8-5-2/h28-29H,4-27H2,1-3H3/q+1. The molecule has 0 spiro atoms. The Morgan fingerprint density at radius 2 is 0.969 bits per heavy atom. The molecule has 2 nitrogen and oxygen atoms in total. The van der Waals surface area contributed by atoms with Crippen molar-refractivity contribution >= 4 is 0 Å². The maximum absolute atomic E-state index is 2.57. The third kappa shape index (κ3) is 15.1. The zero-order valence-electron chi connectivity index (χ0n) is 22.5. The van der Waals surface area contributed by atoms with E-state index in [0.29, 0.717) is 0 Å². The topological polar surface area (TPSA) is 8.81 Å². The van der Waals surface area contributed by atoms with Gasteiger partial charge in [-0.15, -0.1) is 0 Å². The average molecular weight is 448 g/mol. The molecule has 2 heteroatoms. The molecule has 1 aromatic heterocycles. The van der Waals surface area contributed by atoms with Crippen LogP contribution in [-0.2, 0) is 19.5 Å². The van der Waals surface area contributed by atoms with Crippen LogP contribution >= 0.6 is 0 Å². The van der Waals surface area contributed by atoms with Crippen molar-refractivity contribution in [1.29, 1.82) is 0 Å². The highest BCUT2D eigenvalue weighted by Crippen LogP contribution is 2.14. The Morgan fingerprint density at radius 1 is 0.531 bits per heavy atom. The number of nitrogens with zero attached hydrogens (tertiary/aromatic N) is 2. The van der Waals surface area contributed by atoms with Crippen LogP contribution < -0.4 is 4.57 Å². The number of aryl methyl sites for hydroxylation is 2. The van der Waals surface area contributed by atoms with Gasteiger partial charge in [0.05, 0.1) is 13.1 Å². The zero-order valence-corrected chi connectivity index (χ0v) is 22.5. The van der Waals surface area contributed by atoms with Gasteiger partial charge in [0.1, 0.15) is 12.4 Å². The molecule has 32 heavy (non-hydrogen) atoms. The average Bonchev–Trinajstić information content (AvgIpc) is 3.18. The largest absolute Gasteiger partial charge is 0.256 e. The van der Waals surface area contributed by atoms with Crippen molar-refractivity contribution in [3.8, 4) is 0 Å². The van der Waals surface area contributed by atoms with E-state index >= 15 is 0 Å². The van der Waals surface area contributed by atoms with E-state index < -0.39 is 0 Å². The van der Waals surface area contributed by atoms with E-state index in [-0.39, 0.29) is 0 Å². The van der Waals surface area contributed by atoms with Crippen molar-refractivity contribution in [1.82, 2.24) is 4.57 Å². The summed E-state index contributed by atoms with van der Waals surface area (Å²) in [5, 5.41) is 0. The minimum atomic E-state index is 1.18. The fraction of sp³-hybridized carbons (Fsp3) is 0.900. The molecule has 0 amide bonds. The van der Waals surface area contributed by atoms with Crippen LogP contribution in [0, 0.1) is 0 Å². The molecule has 1 heterocycles. The van der Waals surface area contributed by atoms with Crippen LogP contribution in [0.2, 0.25) is 0 Å². The van der Waals surface area contributed by atoms with Crippen molar-refractivity contribution in [2.45, 2.75) is 175 Å². The summed E-state index contributed by atoms with van der Waals surface area (Å²) in [4.78, 5) is 0. The maximum atomic E-state index is 2.57. The zero-order chi connectivity index (χ0) is 23.1. The van der Waals surface area contributed by atoms with Gasteiger partial charge in [-0.1, -0.05) is 130 Å². The predicted molar refractivity (Wildman–Crippen MR) is 142 cm³/mol.